The molecule has 2 aromatic heterocycles. The molecule has 0 fully saturated rings. The van der Waals surface area contributed by atoms with Crippen LogP contribution in [0.1, 0.15) is 11.3 Å². The first-order chi connectivity index (χ1) is 9.20. The zero-order valence-corrected chi connectivity index (χ0v) is 11.1. The highest BCUT2D eigenvalue weighted by molar-refractivity contribution is 5.83. The summed E-state index contributed by atoms with van der Waals surface area (Å²) in [6.07, 6.45) is 0. The molecule has 0 radical (unpaired) electrons. The van der Waals surface area contributed by atoms with Gasteiger partial charge in [0.2, 0.25) is 0 Å². The Morgan fingerprint density at radius 2 is 1.89 bits per heavy atom. The number of fused-ring (bicyclic) bond motifs is 1. The minimum Gasteiger partial charge on any atom is -0.326 e. The number of benzene rings is 1. The van der Waals surface area contributed by atoms with E-state index in [4.69, 9.17) is 10.7 Å². The normalized spacial score (nSPS) is 11.1. The van der Waals surface area contributed by atoms with E-state index in [0.717, 1.165) is 33.8 Å². The fraction of sp³-hybridized carbons (Fsp3) is 0.200. The number of para-hydroxylation sites is 1. The Balaban J connectivity index is 2.28. The van der Waals surface area contributed by atoms with Crippen LogP contribution in [0.4, 0.5) is 0 Å². The van der Waals surface area contributed by atoms with Gasteiger partial charge in [0.05, 0.1) is 11.0 Å². The lowest BCUT2D eigenvalue weighted by molar-refractivity contribution is 0.947. The van der Waals surface area contributed by atoms with Crippen molar-refractivity contribution in [2.75, 3.05) is 0 Å². The molecular weight excluding hydrogens is 236 g/mol. The first kappa shape index (κ1) is 11.9. The first-order valence-corrected chi connectivity index (χ1v) is 6.29. The third-order valence-corrected chi connectivity index (χ3v) is 3.33. The second-order valence-corrected chi connectivity index (χ2v) is 4.65. The van der Waals surface area contributed by atoms with Crippen LogP contribution in [-0.4, -0.2) is 14.5 Å². The van der Waals surface area contributed by atoms with Crippen LogP contribution < -0.4 is 5.73 Å². The predicted molar refractivity (Wildman–Crippen MR) is 76.6 cm³/mol. The van der Waals surface area contributed by atoms with E-state index in [1.165, 1.54) is 0 Å². The number of aromatic nitrogens is 3. The number of imidazole rings is 1. The number of nitrogens with two attached hydrogens (primary N) is 1. The SMILES string of the molecule is Cc1cccc(-c2nc3c(CN)cccc3n2C)n1. The van der Waals surface area contributed by atoms with Crippen molar-refractivity contribution >= 4 is 11.0 Å². The van der Waals surface area contributed by atoms with E-state index in [1.807, 2.05) is 44.3 Å². The molecule has 0 saturated heterocycles. The van der Waals surface area contributed by atoms with Crippen LogP contribution in [0.2, 0.25) is 0 Å². The van der Waals surface area contributed by atoms with Crippen molar-refractivity contribution in [2.45, 2.75) is 13.5 Å². The van der Waals surface area contributed by atoms with E-state index < -0.39 is 0 Å². The van der Waals surface area contributed by atoms with E-state index in [9.17, 15) is 0 Å². The number of rotatable bonds is 2. The average molecular weight is 252 g/mol. The Morgan fingerprint density at radius 3 is 2.63 bits per heavy atom. The summed E-state index contributed by atoms with van der Waals surface area (Å²) in [5, 5.41) is 0. The van der Waals surface area contributed by atoms with E-state index in [0.29, 0.717) is 6.54 Å². The molecule has 0 aliphatic rings. The summed E-state index contributed by atoms with van der Waals surface area (Å²) >= 11 is 0. The van der Waals surface area contributed by atoms with E-state index in [1.54, 1.807) is 0 Å². The van der Waals surface area contributed by atoms with Gasteiger partial charge in [-0.25, -0.2) is 9.97 Å². The second-order valence-electron chi connectivity index (χ2n) is 4.65. The van der Waals surface area contributed by atoms with Crippen molar-refractivity contribution in [3.05, 3.63) is 47.7 Å². The molecule has 1 aromatic carbocycles. The van der Waals surface area contributed by atoms with Crippen LogP contribution >= 0.6 is 0 Å². The van der Waals surface area contributed by atoms with Crippen LogP contribution in [0.3, 0.4) is 0 Å². The minimum absolute atomic E-state index is 0.495. The summed E-state index contributed by atoms with van der Waals surface area (Å²) in [6.45, 7) is 2.48. The smallest absolute Gasteiger partial charge is 0.159 e. The lowest BCUT2D eigenvalue weighted by atomic mass is 10.2. The molecule has 4 nitrogen and oxygen atoms in total. The van der Waals surface area contributed by atoms with Crippen LogP contribution in [0.15, 0.2) is 36.4 Å². The fourth-order valence-corrected chi connectivity index (χ4v) is 2.33. The second kappa shape index (κ2) is 4.48. The third-order valence-electron chi connectivity index (χ3n) is 3.33. The molecule has 0 aliphatic heterocycles. The number of nitrogens with zero attached hydrogens (tertiary/aromatic N) is 3. The standard InChI is InChI=1S/C15H16N4/c1-10-5-3-7-12(17-10)15-18-14-11(9-16)6-4-8-13(14)19(15)2/h3-8H,9,16H2,1-2H3. The van der Waals surface area contributed by atoms with Gasteiger partial charge in [-0.15, -0.1) is 0 Å². The molecule has 2 heterocycles. The fourth-order valence-electron chi connectivity index (χ4n) is 2.33. The largest absolute Gasteiger partial charge is 0.326 e. The monoisotopic (exact) mass is 252 g/mol. The van der Waals surface area contributed by atoms with E-state index >= 15 is 0 Å². The summed E-state index contributed by atoms with van der Waals surface area (Å²) < 4.78 is 2.07. The molecule has 0 saturated carbocycles. The quantitative estimate of drug-likeness (QED) is 0.762. The lowest BCUT2D eigenvalue weighted by Crippen LogP contribution is -1.97. The van der Waals surface area contributed by atoms with Crippen molar-refractivity contribution in [3.63, 3.8) is 0 Å². The first-order valence-electron chi connectivity index (χ1n) is 6.29. The molecular formula is C15H16N4. The van der Waals surface area contributed by atoms with Gasteiger partial charge in [0.1, 0.15) is 5.69 Å². The summed E-state index contributed by atoms with van der Waals surface area (Å²) in [4.78, 5) is 9.26. The van der Waals surface area contributed by atoms with Crippen molar-refractivity contribution in [2.24, 2.45) is 12.8 Å². The van der Waals surface area contributed by atoms with Crippen molar-refractivity contribution in [1.82, 2.24) is 14.5 Å². The number of pyridine rings is 1. The molecule has 3 aromatic rings. The molecule has 0 spiro atoms. The predicted octanol–water partition coefficient (Wildman–Crippen LogP) is 2.40. The van der Waals surface area contributed by atoms with Gasteiger partial charge in [-0.05, 0) is 30.7 Å². The summed E-state index contributed by atoms with van der Waals surface area (Å²) in [6, 6.07) is 12.1. The number of aryl methyl sites for hydroxylation is 2. The molecule has 0 atom stereocenters. The summed E-state index contributed by atoms with van der Waals surface area (Å²) in [5.74, 6) is 0.875. The zero-order chi connectivity index (χ0) is 13.4. The molecule has 0 unspecified atom stereocenters. The lowest BCUT2D eigenvalue weighted by Gasteiger charge is -2.02. The van der Waals surface area contributed by atoms with Gasteiger partial charge in [-0.2, -0.15) is 0 Å². The van der Waals surface area contributed by atoms with Crippen molar-refractivity contribution in [3.8, 4) is 11.5 Å². The third kappa shape index (κ3) is 1.90. The highest BCUT2D eigenvalue weighted by Gasteiger charge is 2.12. The van der Waals surface area contributed by atoms with Crippen LogP contribution in [-0.2, 0) is 13.6 Å². The van der Waals surface area contributed by atoms with Crippen molar-refractivity contribution in [1.29, 1.82) is 0 Å². The molecule has 3 rings (SSSR count). The number of hydrogen-bond acceptors (Lipinski definition) is 3. The Morgan fingerprint density at radius 1 is 1.11 bits per heavy atom. The molecule has 0 aliphatic carbocycles. The summed E-state index contributed by atoms with van der Waals surface area (Å²) in [7, 11) is 2.01. The van der Waals surface area contributed by atoms with Gasteiger partial charge in [-0.3, -0.25) is 0 Å². The molecule has 0 bridgehead atoms. The molecule has 96 valence electrons. The van der Waals surface area contributed by atoms with Gasteiger partial charge in [0, 0.05) is 19.3 Å². The highest BCUT2D eigenvalue weighted by Crippen LogP contribution is 2.24. The Labute approximate surface area is 111 Å². The van der Waals surface area contributed by atoms with E-state index in [-0.39, 0.29) is 0 Å². The van der Waals surface area contributed by atoms with Gasteiger partial charge < -0.3 is 10.3 Å². The Kier molecular flexibility index (Phi) is 2.80. The minimum atomic E-state index is 0.495. The highest BCUT2D eigenvalue weighted by atomic mass is 15.1. The topological polar surface area (TPSA) is 56.7 Å². The van der Waals surface area contributed by atoms with E-state index in [2.05, 4.69) is 15.6 Å². The van der Waals surface area contributed by atoms with Crippen LogP contribution in [0, 0.1) is 6.92 Å². The maximum atomic E-state index is 5.77. The average Bonchev–Trinajstić information content (AvgIpc) is 2.76. The molecule has 2 N–H and O–H groups in total. The number of hydrogen-bond donors (Lipinski definition) is 1. The molecule has 4 heteroatoms. The molecule has 0 amide bonds. The van der Waals surface area contributed by atoms with Crippen LogP contribution in [0.25, 0.3) is 22.6 Å². The van der Waals surface area contributed by atoms with Crippen molar-refractivity contribution < 1.29 is 0 Å². The van der Waals surface area contributed by atoms with Crippen LogP contribution in [0.5, 0.6) is 0 Å². The maximum absolute atomic E-state index is 5.77. The summed E-state index contributed by atoms with van der Waals surface area (Å²) in [5.41, 5.74) is 10.8. The Hall–Kier alpha value is -2.20. The van der Waals surface area contributed by atoms with Gasteiger partial charge in [-0.1, -0.05) is 18.2 Å². The van der Waals surface area contributed by atoms with Gasteiger partial charge in [0.15, 0.2) is 5.82 Å². The maximum Gasteiger partial charge on any atom is 0.159 e. The zero-order valence-electron chi connectivity index (χ0n) is 11.1. The Bertz CT molecular complexity index is 743. The van der Waals surface area contributed by atoms with Gasteiger partial charge in [0.25, 0.3) is 0 Å². The van der Waals surface area contributed by atoms with Gasteiger partial charge >= 0.3 is 0 Å². The molecule has 19 heavy (non-hydrogen) atoms.